The number of hydrogen-bond donors (Lipinski definition) is 3. The number of aromatic nitrogens is 1. The van der Waals surface area contributed by atoms with Gasteiger partial charge in [0.25, 0.3) is 0 Å². The van der Waals surface area contributed by atoms with Crippen molar-refractivity contribution in [2.45, 2.75) is 33.1 Å². The molecule has 1 aromatic heterocycles. The summed E-state index contributed by atoms with van der Waals surface area (Å²) in [5.74, 6) is 0. The lowest BCUT2D eigenvalue weighted by molar-refractivity contribution is 0.258. The molecule has 0 saturated heterocycles. The van der Waals surface area contributed by atoms with E-state index in [0.29, 0.717) is 12.2 Å². The van der Waals surface area contributed by atoms with E-state index in [1.165, 1.54) is 6.20 Å². The fourth-order valence-electron chi connectivity index (χ4n) is 2.31. The molecule has 3 N–H and O–H groups in total. The van der Waals surface area contributed by atoms with Crippen LogP contribution in [0.5, 0.6) is 0 Å². The van der Waals surface area contributed by atoms with Gasteiger partial charge in [0.05, 0.1) is 17.6 Å². The van der Waals surface area contributed by atoms with Gasteiger partial charge in [-0.1, -0.05) is 31.9 Å². The Balaban J connectivity index is 2.10. The van der Waals surface area contributed by atoms with Crippen LogP contribution >= 0.6 is 0 Å². The molecule has 2 aromatic rings. The fraction of sp³-hybridized carbons (Fsp3) is 0.333. The van der Waals surface area contributed by atoms with E-state index in [1.54, 1.807) is 12.3 Å². The number of sulfonamides is 1. The van der Waals surface area contributed by atoms with Gasteiger partial charge in [-0.3, -0.25) is 14.5 Å². The molecule has 0 atom stereocenters. The first kappa shape index (κ1) is 19.7. The molecule has 0 bridgehead atoms. The molecular weight excluding hydrogens is 352 g/mol. The minimum absolute atomic E-state index is 0.206. The van der Waals surface area contributed by atoms with Crippen LogP contribution in [-0.4, -0.2) is 25.2 Å². The molecule has 8 heteroatoms. The zero-order valence-corrected chi connectivity index (χ0v) is 15.8. The number of rotatable bonds is 8. The predicted octanol–water partition coefficient (Wildman–Crippen LogP) is 3.78. The van der Waals surface area contributed by atoms with Gasteiger partial charge in [0.15, 0.2) is 0 Å². The van der Waals surface area contributed by atoms with Crippen LogP contribution in [0, 0.1) is 6.92 Å². The molecule has 0 spiro atoms. The quantitative estimate of drug-likeness (QED) is 0.609. The number of unbranched alkanes of at least 4 members (excludes halogenated alkanes) is 2. The number of nitrogens with zero attached hydrogens (tertiary/aromatic N) is 1. The Bertz CT molecular complexity index is 853. The van der Waals surface area contributed by atoms with Crippen molar-refractivity contribution in [2.24, 2.45) is 0 Å². The van der Waals surface area contributed by atoms with Gasteiger partial charge in [-0.05, 0) is 37.1 Å². The molecule has 0 aliphatic carbocycles. The summed E-state index contributed by atoms with van der Waals surface area (Å²) in [5, 5.41) is 4.52. The maximum atomic E-state index is 12.2. The Hall–Kier alpha value is -2.61. The second-order valence-corrected chi connectivity index (χ2v) is 7.52. The van der Waals surface area contributed by atoms with Gasteiger partial charge >= 0.3 is 15.3 Å². The molecule has 26 heavy (non-hydrogen) atoms. The Morgan fingerprint density at radius 3 is 2.69 bits per heavy atom. The van der Waals surface area contributed by atoms with Crippen LogP contribution in [-0.2, 0) is 10.0 Å². The summed E-state index contributed by atoms with van der Waals surface area (Å²) in [6.07, 6.45) is 5.57. The van der Waals surface area contributed by atoms with Crippen LogP contribution in [0.3, 0.4) is 0 Å². The summed E-state index contributed by atoms with van der Waals surface area (Å²) < 4.78 is 26.8. The number of carbonyl (C=O) groups is 1. The molecule has 1 amide bonds. The molecule has 140 valence electrons. The minimum atomic E-state index is -4.20. The monoisotopic (exact) mass is 376 g/mol. The number of carbonyl (C=O) groups excluding carboxylic acids is 1. The SMILES string of the molecule is CCCCCNC(=O)S(=O)(=O)Nc1cnccc1Nc1cccc(C)c1. The number of nitrogens with one attached hydrogen (secondary N) is 3. The lowest BCUT2D eigenvalue weighted by atomic mass is 10.2. The molecule has 7 nitrogen and oxygen atoms in total. The van der Waals surface area contributed by atoms with Crippen LogP contribution < -0.4 is 15.4 Å². The molecule has 0 radical (unpaired) electrons. The van der Waals surface area contributed by atoms with Crippen molar-refractivity contribution in [3.8, 4) is 0 Å². The largest absolute Gasteiger partial charge is 0.357 e. The van der Waals surface area contributed by atoms with Gasteiger partial charge < -0.3 is 10.6 Å². The molecule has 2 rings (SSSR count). The van der Waals surface area contributed by atoms with Crippen molar-refractivity contribution in [2.75, 3.05) is 16.6 Å². The molecule has 1 heterocycles. The van der Waals surface area contributed by atoms with E-state index in [4.69, 9.17) is 0 Å². The molecule has 1 aromatic carbocycles. The van der Waals surface area contributed by atoms with Crippen LogP contribution in [0.1, 0.15) is 31.7 Å². The van der Waals surface area contributed by atoms with Crippen molar-refractivity contribution in [3.63, 3.8) is 0 Å². The molecular formula is C18H24N4O3S. The van der Waals surface area contributed by atoms with Crippen molar-refractivity contribution >= 4 is 32.3 Å². The number of benzene rings is 1. The first-order chi connectivity index (χ1) is 12.4. The Kier molecular flexibility index (Phi) is 6.97. The normalized spacial score (nSPS) is 11.0. The zero-order chi connectivity index (χ0) is 19.0. The molecule has 0 aliphatic heterocycles. The predicted molar refractivity (Wildman–Crippen MR) is 104 cm³/mol. The number of pyridine rings is 1. The highest BCUT2D eigenvalue weighted by molar-refractivity contribution is 8.07. The minimum Gasteiger partial charge on any atom is -0.354 e. The summed E-state index contributed by atoms with van der Waals surface area (Å²) in [6, 6.07) is 9.29. The zero-order valence-electron chi connectivity index (χ0n) is 15.0. The fourth-order valence-corrected chi connectivity index (χ4v) is 3.15. The third-order valence-electron chi connectivity index (χ3n) is 3.66. The average Bonchev–Trinajstić information content (AvgIpc) is 2.60. The topological polar surface area (TPSA) is 100 Å². The Morgan fingerprint density at radius 2 is 1.96 bits per heavy atom. The van der Waals surface area contributed by atoms with Crippen LogP contribution in [0.15, 0.2) is 42.7 Å². The Labute approximate surface area is 154 Å². The first-order valence-corrected chi connectivity index (χ1v) is 9.99. The smallest absolute Gasteiger partial charge is 0.354 e. The maximum absolute atomic E-state index is 12.2. The summed E-state index contributed by atoms with van der Waals surface area (Å²) in [4.78, 5) is 15.9. The summed E-state index contributed by atoms with van der Waals surface area (Å²) in [6.45, 7) is 4.32. The number of hydrogen-bond acceptors (Lipinski definition) is 5. The molecule has 0 saturated carbocycles. The lowest BCUT2D eigenvalue weighted by Crippen LogP contribution is -2.34. The van der Waals surface area contributed by atoms with Crippen molar-refractivity contribution < 1.29 is 13.2 Å². The highest BCUT2D eigenvalue weighted by Crippen LogP contribution is 2.25. The second-order valence-electron chi connectivity index (χ2n) is 5.94. The van der Waals surface area contributed by atoms with Crippen LogP contribution in [0.2, 0.25) is 0 Å². The summed E-state index contributed by atoms with van der Waals surface area (Å²) >= 11 is 0. The van der Waals surface area contributed by atoms with Gasteiger partial charge in [0.1, 0.15) is 0 Å². The first-order valence-electron chi connectivity index (χ1n) is 8.50. The molecule has 0 unspecified atom stereocenters. The van der Waals surface area contributed by atoms with Crippen molar-refractivity contribution in [3.05, 3.63) is 48.3 Å². The van der Waals surface area contributed by atoms with Crippen molar-refractivity contribution in [1.29, 1.82) is 0 Å². The van der Waals surface area contributed by atoms with Gasteiger partial charge in [0, 0.05) is 18.4 Å². The van der Waals surface area contributed by atoms with E-state index in [2.05, 4.69) is 20.3 Å². The highest BCUT2D eigenvalue weighted by Gasteiger charge is 2.22. The van der Waals surface area contributed by atoms with E-state index >= 15 is 0 Å². The van der Waals surface area contributed by atoms with Crippen LogP contribution in [0.4, 0.5) is 21.9 Å². The van der Waals surface area contributed by atoms with E-state index in [-0.39, 0.29) is 5.69 Å². The molecule has 0 fully saturated rings. The second kappa shape index (κ2) is 9.19. The van der Waals surface area contributed by atoms with Gasteiger partial charge in [0.2, 0.25) is 0 Å². The number of anilines is 3. The number of aryl methyl sites for hydroxylation is 1. The molecule has 0 aliphatic rings. The van der Waals surface area contributed by atoms with Crippen LogP contribution in [0.25, 0.3) is 0 Å². The summed E-state index contributed by atoms with van der Waals surface area (Å²) in [5.41, 5.74) is 2.59. The van der Waals surface area contributed by atoms with Gasteiger partial charge in [-0.2, -0.15) is 8.42 Å². The lowest BCUT2D eigenvalue weighted by Gasteiger charge is -2.14. The average molecular weight is 376 g/mol. The standard InChI is InChI=1S/C18H24N4O3S/c1-3-4-5-10-20-18(23)26(24,25)22-17-13-19-11-9-16(17)21-15-8-6-7-14(2)12-15/h6-9,11-13,22H,3-5,10H2,1-2H3,(H,19,21)(H,20,23). The third kappa shape index (κ3) is 5.73. The highest BCUT2D eigenvalue weighted by atomic mass is 32.2. The van der Waals surface area contributed by atoms with E-state index < -0.39 is 15.3 Å². The third-order valence-corrected chi connectivity index (χ3v) is 4.78. The summed E-state index contributed by atoms with van der Waals surface area (Å²) in [7, 11) is -4.20. The van der Waals surface area contributed by atoms with Gasteiger partial charge in [-0.15, -0.1) is 0 Å². The van der Waals surface area contributed by atoms with E-state index in [0.717, 1.165) is 30.5 Å². The van der Waals surface area contributed by atoms with E-state index in [9.17, 15) is 13.2 Å². The Morgan fingerprint density at radius 1 is 1.15 bits per heavy atom. The van der Waals surface area contributed by atoms with E-state index in [1.807, 2.05) is 38.1 Å². The maximum Gasteiger partial charge on any atom is 0.357 e. The van der Waals surface area contributed by atoms with Crippen molar-refractivity contribution in [1.82, 2.24) is 10.3 Å². The van der Waals surface area contributed by atoms with Gasteiger partial charge in [-0.25, -0.2) is 0 Å². The number of amides is 1.